The normalized spacial score (nSPS) is 11.4. The molecule has 0 unspecified atom stereocenters. The highest BCUT2D eigenvalue weighted by Crippen LogP contribution is 2.20. The number of aryl methyl sites for hydroxylation is 1. The van der Waals surface area contributed by atoms with Gasteiger partial charge in [-0.1, -0.05) is 37.3 Å². The van der Waals surface area contributed by atoms with Crippen LogP contribution in [0.1, 0.15) is 12.5 Å². The van der Waals surface area contributed by atoms with Crippen LogP contribution >= 0.6 is 22.2 Å². The fraction of sp³-hybridized carbons (Fsp3) is 0.273. The lowest BCUT2D eigenvalue weighted by Gasteiger charge is -2.15. The first-order chi connectivity index (χ1) is 6.60. The largest absolute Gasteiger partial charge is 0.284 e. The van der Waals surface area contributed by atoms with E-state index in [1.54, 1.807) is 6.08 Å². The summed E-state index contributed by atoms with van der Waals surface area (Å²) in [7, 11) is 0. The molecule has 0 spiro atoms. The van der Waals surface area contributed by atoms with Gasteiger partial charge in [0.2, 0.25) is 0 Å². The molecule has 0 bridgehead atoms. The lowest BCUT2D eigenvalue weighted by molar-refractivity contribution is 1.14. The summed E-state index contributed by atoms with van der Waals surface area (Å²) >= 11 is 12.6. The SMILES string of the molecule is C=CC[Si](Cl)(Cl)c1ccc(CC)cc1. The zero-order chi connectivity index (χ0) is 10.6. The van der Waals surface area contributed by atoms with Gasteiger partial charge in [0.05, 0.1) is 0 Å². The number of rotatable bonds is 4. The molecule has 0 aliphatic carbocycles. The van der Waals surface area contributed by atoms with E-state index >= 15 is 0 Å². The first-order valence-electron chi connectivity index (χ1n) is 4.68. The Hall–Kier alpha value is -0.243. The van der Waals surface area contributed by atoms with Crippen molar-refractivity contribution in [1.29, 1.82) is 0 Å². The van der Waals surface area contributed by atoms with Gasteiger partial charge in [0.25, 0.3) is 6.69 Å². The topological polar surface area (TPSA) is 0 Å². The molecule has 1 aromatic carbocycles. The Balaban J connectivity index is 2.90. The van der Waals surface area contributed by atoms with E-state index in [1.807, 2.05) is 12.1 Å². The van der Waals surface area contributed by atoms with Crippen molar-refractivity contribution >= 4 is 34.0 Å². The summed E-state index contributed by atoms with van der Waals surface area (Å²) in [6, 6.07) is 8.94. The van der Waals surface area contributed by atoms with Gasteiger partial charge in [-0.05, 0) is 23.2 Å². The Bertz CT molecular complexity index is 304. The van der Waals surface area contributed by atoms with Crippen LogP contribution < -0.4 is 5.19 Å². The average molecular weight is 245 g/mol. The van der Waals surface area contributed by atoms with Crippen LogP contribution in [0.25, 0.3) is 0 Å². The number of allylic oxidation sites excluding steroid dienone is 1. The summed E-state index contributed by atoms with van der Waals surface area (Å²) in [5, 5.41) is 1.07. The second kappa shape index (κ2) is 5.01. The third-order valence-corrected chi connectivity index (χ3v) is 6.40. The summed E-state index contributed by atoms with van der Waals surface area (Å²) in [6.07, 6.45) is 2.83. The summed E-state index contributed by atoms with van der Waals surface area (Å²) in [5.41, 5.74) is 1.31. The zero-order valence-electron chi connectivity index (χ0n) is 8.26. The van der Waals surface area contributed by atoms with E-state index in [4.69, 9.17) is 22.2 Å². The van der Waals surface area contributed by atoms with Crippen molar-refractivity contribution in [2.45, 2.75) is 19.4 Å². The van der Waals surface area contributed by atoms with Crippen LogP contribution in [0.2, 0.25) is 6.04 Å². The molecule has 0 amide bonds. The average Bonchev–Trinajstić information content (AvgIpc) is 2.18. The molecular weight excluding hydrogens is 231 g/mol. The predicted molar refractivity (Wildman–Crippen MR) is 67.9 cm³/mol. The molecule has 14 heavy (non-hydrogen) atoms. The summed E-state index contributed by atoms with van der Waals surface area (Å²) in [5.74, 6) is 0. The standard InChI is InChI=1S/C11H14Cl2Si/c1-3-9-14(12,13)11-7-5-10(4-2)6-8-11/h3,5-8H,1,4,9H2,2H3. The number of benzene rings is 1. The molecule has 0 aliphatic rings. The van der Waals surface area contributed by atoms with Crippen molar-refractivity contribution in [2.75, 3.05) is 0 Å². The Morgan fingerprint density at radius 1 is 1.29 bits per heavy atom. The predicted octanol–water partition coefficient (Wildman–Crippen LogP) is 3.56. The fourth-order valence-corrected chi connectivity index (χ4v) is 3.95. The monoisotopic (exact) mass is 244 g/mol. The molecule has 0 nitrogen and oxygen atoms in total. The van der Waals surface area contributed by atoms with E-state index in [1.165, 1.54) is 5.56 Å². The molecule has 0 N–H and O–H groups in total. The van der Waals surface area contributed by atoms with Crippen LogP contribution in [0.5, 0.6) is 0 Å². The zero-order valence-corrected chi connectivity index (χ0v) is 10.8. The highest BCUT2D eigenvalue weighted by molar-refractivity contribution is 7.51. The second-order valence-electron chi connectivity index (χ2n) is 3.25. The van der Waals surface area contributed by atoms with Crippen LogP contribution in [0, 0.1) is 0 Å². The van der Waals surface area contributed by atoms with Gasteiger partial charge < -0.3 is 0 Å². The summed E-state index contributed by atoms with van der Waals surface area (Å²) in [6.45, 7) is 3.51. The van der Waals surface area contributed by atoms with Crippen molar-refractivity contribution in [1.82, 2.24) is 0 Å². The van der Waals surface area contributed by atoms with E-state index in [0.29, 0.717) is 6.04 Å². The minimum absolute atomic E-state index is 0.696. The lowest BCUT2D eigenvalue weighted by atomic mass is 10.2. The van der Waals surface area contributed by atoms with E-state index in [9.17, 15) is 0 Å². The van der Waals surface area contributed by atoms with Gasteiger partial charge in [0.1, 0.15) is 0 Å². The quantitative estimate of drug-likeness (QED) is 0.432. The van der Waals surface area contributed by atoms with Gasteiger partial charge in [-0.15, -0.1) is 28.7 Å². The maximum atomic E-state index is 6.29. The third kappa shape index (κ3) is 2.87. The number of hydrogen-bond acceptors (Lipinski definition) is 0. The van der Waals surface area contributed by atoms with Crippen LogP contribution in [0.4, 0.5) is 0 Å². The van der Waals surface area contributed by atoms with Gasteiger partial charge in [-0.3, -0.25) is 0 Å². The Labute approximate surface area is 96.0 Å². The molecule has 0 aromatic heterocycles. The van der Waals surface area contributed by atoms with Crippen molar-refractivity contribution in [2.24, 2.45) is 0 Å². The highest BCUT2D eigenvalue weighted by atomic mass is 35.7. The van der Waals surface area contributed by atoms with E-state index in [2.05, 4.69) is 25.6 Å². The van der Waals surface area contributed by atoms with Crippen LogP contribution in [-0.2, 0) is 6.42 Å². The lowest BCUT2D eigenvalue weighted by Crippen LogP contribution is -2.35. The van der Waals surface area contributed by atoms with Gasteiger partial charge >= 0.3 is 0 Å². The smallest absolute Gasteiger partial charge is 0.139 e. The van der Waals surface area contributed by atoms with E-state index in [-0.39, 0.29) is 0 Å². The van der Waals surface area contributed by atoms with Crippen molar-refractivity contribution < 1.29 is 0 Å². The van der Waals surface area contributed by atoms with Gasteiger partial charge in [0, 0.05) is 0 Å². The third-order valence-electron chi connectivity index (χ3n) is 2.19. The summed E-state index contributed by atoms with van der Waals surface area (Å²) < 4.78 is 0. The van der Waals surface area contributed by atoms with Crippen LogP contribution in [0.15, 0.2) is 36.9 Å². The minimum atomic E-state index is -2.29. The Kier molecular flexibility index (Phi) is 4.23. The molecular formula is C11H14Cl2Si. The first kappa shape index (κ1) is 11.8. The molecule has 0 aliphatic heterocycles. The molecule has 0 saturated carbocycles. The van der Waals surface area contributed by atoms with Crippen molar-refractivity contribution in [3.8, 4) is 0 Å². The molecule has 3 heteroatoms. The fourth-order valence-electron chi connectivity index (χ4n) is 1.28. The number of halogens is 2. The first-order valence-corrected chi connectivity index (χ1v) is 8.91. The molecule has 1 rings (SSSR count). The maximum absolute atomic E-state index is 6.29. The minimum Gasteiger partial charge on any atom is -0.139 e. The maximum Gasteiger partial charge on any atom is 0.284 e. The van der Waals surface area contributed by atoms with Gasteiger partial charge in [-0.2, -0.15) is 0 Å². The Morgan fingerprint density at radius 2 is 1.86 bits per heavy atom. The molecule has 0 radical (unpaired) electrons. The Morgan fingerprint density at radius 3 is 2.29 bits per heavy atom. The van der Waals surface area contributed by atoms with Gasteiger partial charge in [-0.25, -0.2) is 0 Å². The molecule has 0 saturated heterocycles. The van der Waals surface area contributed by atoms with Crippen LogP contribution in [-0.4, -0.2) is 6.69 Å². The van der Waals surface area contributed by atoms with E-state index in [0.717, 1.165) is 11.6 Å². The summed E-state index contributed by atoms with van der Waals surface area (Å²) in [4.78, 5) is 0. The van der Waals surface area contributed by atoms with Crippen molar-refractivity contribution in [3.63, 3.8) is 0 Å². The van der Waals surface area contributed by atoms with Crippen molar-refractivity contribution in [3.05, 3.63) is 42.5 Å². The molecule has 76 valence electrons. The molecule has 0 fully saturated rings. The van der Waals surface area contributed by atoms with Crippen LogP contribution in [0.3, 0.4) is 0 Å². The second-order valence-corrected chi connectivity index (χ2v) is 10.1. The molecule has 0 atom stereocenters. The number of hydrogen-bond donors (Lipinski definition) is 0. The highest BCUT2D eigenvalue weighted by Gasteiger charge is 2.28. The van der Waals surface area contributed by atoms with E-state index < -0.39 is 6.69 Å². The molecule has 1 aromatic rings. The molecule has 0 heterocycles. The van der Waals surface area contributed by atoms with Gasteiger partial charge in [0.15, 0.2) is 0 Å².